The van der Waals surface area contributed by atoms with Crippen LogP contribution in [0, 0.1) is 13.8 Å². The van der Waals surface area contributed by atoms with Gasteiger partial charge in [-0.1, -0.05) is 19.9 Å². The standard InChI is InChI=1S/C22H28N2O6S/c1-12(2)15-8-13(3)9-16(10-15)30-11-17(25)24-21-18(22(27)29-7-6-28-5)14(4)19(31-21)20(23)26/h8-10,12H,6-7,11H2,1-5H3,(H2,23,26)(H,24,25). The van der Waals surface area contributed by atoms with E-state index in [9.17, 15) is 14.4 Å². The quantitative estimate of drug-likeness (QED) is 0.425. The molecular weight excluding hydrogens is 420 g/mol. The van der Waals surface area contributed by atoms with Crippen LogP contribution in [-0.2, 0) is 14.3 Å². The maximum atomic E-state index is 12.5. The minimum Gasteiger partial charge on any atom is -0.484 e. The van der Waals surface area contributed by atoms with Gasteiger partial charge in [-0.05, 0) is 48.6 Å². The van der Waals surface area contributed by atoms with Gasteiger partial charge in [0.1, 0.15) is 17.4 Å². The number of esters is 1. The maximum absolute atomic E-state index is 12.5. The molecule has 0 aliphatic heterocycles. The van der Waals surface area contributed by atoms with E-state index in [1.165, 1.54) is 7.11 Å². The summed E-state index contributed by atoms with van der Waals surface area (Å²) in [4.78, 5) is 36.9. The first-order chi connectivity index (χ1) is 14.6. The summed E-state index contributed by atoms with van der Waals surface area (Å²) in [5.74, 6) is -0.931. The Kier molecular flexibility index (Phi) is 8.58. The maximum Gasteiger partial charge on any atom is 0.341 e. The van der Waals surface area contributed by atoms with Crippen LogP contribution in [0.25, 0.3) is 0 Å². The van der Waals surface area contributed by atoms with Gasteiger partial charge in [0, 0.05) is 7.11 Å². The number of primary amides is 1. The molecule has 2 rings (SSSR count). The number of thiophene rings is 1. The smallest absolute Gasteiger partial charge is 0.341 e. The molecule has 0 saturated carbocycles. The number of hydrogen-bond acceptors (Lipinski definition) is 7. The third-order valence-corrected chi connectivity index (χ3v) is 5.68. The van der Waals surface area contributed by atoms with Crippen LogP contribution in [0.1, 0.15) is 56.5 Å². The Labute approximate surface area is 185 Å². The largest absolute Gasteiger partial charge is 0.484 e. The number of aryl methyl sites for hydroxylation is 1. The number of carbonyl (C=O) groups is 3. The van der Waals surface area contributed by atoms with Crippen LogP contribution in [-0.4, -0.2) is 44.7 Å². The van der Waals surface area contributed by atoms with Crippen molar-refractivity contribution in [3.05, 3.63) is 45.3 Å². The second-order valence-corrected chi connectivity index (χ2v) is 8.34. The molecule has 0 unspecified atom stereocenters. The number of rotatable bonds is 10. The molecule has 1 aromatic carbocycles. The number of carbonyl (C=O) groups excluding carboxylic acids is 3. The minimum absolute atomic E-state index is 0.0402. The molecule has 0 spiro atoms. The lowest BCUT2D eigenvalue weighted by Crippen LogP contribution is -2.21. The molecule has 3 N–H and O–H groups in total. The normalized spacial score (nSPS) is 10.8. The predicted molar refractivity (Wildman–Crippen MR) is 119 cm³/mol. The fraction of sp³-hybridized carbons (Fsp3) is 0.409. The molecule has 2 aromatic rings. The predicted octanol–water partition coefficient (Wildman–Crippen LogP) is 3.41. The first-order valence-electron chi connectivity index (χ1n) is 9.77. The van der Waals surface area contributed by atoms with E-state index in [-0.39, 0.29) is 35.3 Å². The molecule has 0 aliphatic carbocycles. The molecule has 31 heavy (non-hydrogen) atoms. The first kappa shape index (κ1) is 24.4. The van der Waals surface area contributed by atoms with Crippen LogP contribution in [0.5, 0.6) is 5.75 Å². The molecule has 8 nitrogen and oxygen atoms in total. The van der Waals surface area contributed by atoms with Gasteiger partial charge in [0.2, 0.25) is 0 Å². The van der Waals surface area contributed by atoms with Crippen molar-refractivity contribution in [2.24, 2.45) is 5.73 Å². The van der Waals surface area contributed by atoms with E-state index in [1.807, 2.05) is 19.1 Å². The van der Waals surface area contributed by atoms with Crippen LogP contribution in [0.4, 0.5) is 5.00 Å². The van der Waals surface area contributed by atoms with E-state index in [4.69, 9.17) is 19.9 Å². The van der Waals surface area contributed by atoms with Crippen molar-refractivity contribution in [2.75, 3.05) is 32.2 Å². The zero-order valence-corrected chi connectivity index (χ0v) is 19.2. The number of amides is 2. The average molecular weight is 449 g/mol. The highest BCUT2D eigenvalue weighted by molar-refractivity contribution is 7.18. The summed E-state index contributed by atoms with van der Waals surface area (Å²) < 4.78 is 15.7. The van der Waals surface area contributed by atoms with Crippen molar-refractivity contribution in [1.29, 1.82) is 0 Å². The molecule has 2 amide bonds. The topological polar surface area (TPSA) is 117 Å². The number of ether oxygens (including phenoxy) is 3. The Bertz CT molecular complexity index is 967. The number of anilines is 1. The van der Waals surface area contributed by atoms with Gasteiger partial charge in [-0.3, -0.25) is 9.59 Å². The summed E-state index contributed by atoms with van der Waals surface area (Å²) in [6.45, 7) is 7.69. The van der Waals surface area contributed by atoms with Crippen molar-refractivity contribution >= 4 is 34.1 Å². The van der Waals surface area contributed by atoms with Crippen LogP contribution < -0.4 is 15.8 Å². The van der Waals surface area contributed by atoms with Crippen LogP contribution in [0.3, 0.4) is 0 Å². The Hall–Kier alpha value is -2.91. The zero-order chi connectivity index (χ0) is 23.1. The minimum atomic E-state index is -0.689. The Morgan fingerprint density at radius 2 is 1.84 bits per heavy atom. The Balaban J connectivity index is 2.15. The molecule has 0 atom stereocenters. The lowest BCUT2D eigenvalue weighted by molar-refractivity contribution is -0.118. The highest BCUT2D eigenvalue weighted by atomic mass is 32.1. The number of benzene rings is 1. The molecule has 0 bridgehead atoms. The van der Waals surface area contributed by atoms with Crippen molar-refractivity contribution in [2.45, 2.75) is 33.6 Å². The van der Waals surface area contributed by atoms with Crippen LogP contribution in [0.15, 0.2) is 18.2 Å². The summed E-state index contributed by atoms with van der Waals surface area (Å²) >= 11 is 0.926. The summed E-state index contributed by atoms with van der Waals surface area (Å²) in [7, 11) is 1.48. The highest BCUT2D eigenvalue weighted by Gasteiger charge is 2.26. The molecule has 0 aliphatic rings. The molecule has 0 radical (unpaired) electrons. The van der Waals surface area contributed by atoms with Gasteiger partial charge in [-0.2, -0.15) is 0 Å². The summed E-state index contributed by atoms with van der Waals surface area (Å²) in [5.41, 5.74) is 7.99. The van der Waals surface area contributed by atoms with Gasteiger partial charge in [0.25, 0.3) is 11.8 Å². The number of methoxy groups -OCH3 is 1. The van der Waals surface area contributed by atoms with E-state index in [1.54, 1.807) is 6.92 Å². The second-order valence-electron chi connectivity index (χ2n) is 7.32. The molecule has 9 heteroatoms. The summed E-state index contributed by atoms with van der Waals surface area (Å²) in [6, 6.07) is 5.81. The van der Waals surface area contributed by atoms with Crippen LogP contribution in [0.2, 0.25) is 0 Å². The monoisotopic (exact) mass is 448 g/mol. The van der Waals surface area contributed by atoms with E-state index in [0.29, 0.717) is 17.2 Å². The average Bonchev–Trinajstić information content (AvgIpc) is 3.02. The molecule has 0 fully saturated rings. The fourth-order valence-corrected chi connectivity index (χ4v) is 3.94. The molecule has 1 heterocycles. The Morgan fingerprint density at radius 3 is 2.45 bits per heavy atom. The first-order valence-corrected chi connectivity index (χ1v) is 10.6. The van der Waals surface area contributed by atoms with E-state index < -0.39 is 17.8 Å². The SMILES string of the molecule is COCCOC(=O)c1c(NC(=O)COc2cc(C)cc(C(C)C)c2)sc(C(N)=O)c1C. The lowest BCUT2D eigenvalue weighted by Gasteiger charge is -2.12. The Morgan fingerprint density at radius 1 is 1.13 bits per heavy atom. The van der Waals surface area contributed by atoms with E-state index >= 15 is 0 Å². The molecular formula is C22H28N2O6S. The number of nitrogens with two attached hydrogens (primary N) is 1. The summed E-state index contributed by atoms with van der Waals surface area (Å²) in [5, 5.41) is 2.82. The number of hydrogen-bond donors (Lipinski definition) is 2. The van der Waals surface area contributed by atoms with Crippen molar-refractivity contribution in [1.82, 2.24) is 0 Å². The van der Waals surface area contributed by atoms with Crippen LogP contribution >= 0.6 is 11.3 Å². The lowest BCUT2D eigenvalue weighted by atomic mass is 10.0. The van der Waals surface area contributed by atoms with Crippen molar-refractivity contribution in [3.63, 3.8) is 0 Å². The third kappa shape index (κ3) is 6.53. The van der Waals surface area contributed by atoms with Gasteiger partial charge >= 0.3 is 5.97 Å². The number of nitrogens with one attached hydrogen (secondary N) is 1. The van der Waals surface area contributed by atoms with Crippen molar-refractivity contribution in [3.8, 4) is 5.75 Å². The van der Waals surface area contributed by atoms with Gasteiger partial charge in [0.15, 0.2) is 6.61 Å². The highest BCUT2D eigenvalue weighted by Crippen LogP contribution is 2.33. The summed E-state index contributed by atoms with van der Waals surface area (Å²) in [6.07, 6.45) is 0. The molecule has 0 saturated heterocycles. The van der Waals surface area contributed by atoms with E-state index in [0.717, 1.165) is 22.5 Å². The van der Waals surface area contributed by atoms with Gasteiger partial charge in [-0.15, -0.1) is 11.3 Å². The fourth-order valence-electron chi connectivity index (χ4n) is 2.88. The second kappa shape index (κ2) is 10.9. The molecule has 168 valence electrons. The molecule has 1 aromatic heterocycles. The van der Waals surface area contributed by atoms with Gasteiger partial charge < -0.3 is 25.3 Å². The zero-order valence-electron chi connectivity index (χ0n) is 18.4. The van der Waals surface area contributed by atoms with Gasteiger partial charge in [0.05, 0.1) is 17.0 Å². The van der Waals surface area contributed by atoms with Crippen molar-refractivity contribution < 1.29 is 28.6 Å². The van der Waals surface area contributed by atoms with E-state index in [2.05, 4.69) is 25.2 Å². The van der Waals surface area contributed by atoms with Gasteiger partial charge in [-0.25, -0.2) is 4.79 Å². The third-order valence-electron chi connectivity index (χ3n) is 4.46.